The van der Waals surface area contributed by atoms with E-state index in [-0.39, 0.29) is 5.82 Å². The van der Waals surface area contributed by atoms with Crippen LogP contribution in [0.1, 0.15) is 29.9 Å². The smallest absolute Gasteiger partial charge is 0.126 e. The molecule has 1 aromatic carbocycles. The fourth-order valence-electron chi connectivity index (χ4n) is 2.75. The molecule has 1 saturated heterocycles. The van der Waals surface area contributed by atoms with Crippen molar-refractivity contribution in [2.24, 2.45) is 0 Å². The number of nitrogens with one attached hydrogen (secondary N) is 2. The lowest BCUT2D eigenvalue weighted by Crippen LogP contribution is -2.26. The van der Waals surface area contributed by atoms with Gasteiger partial charge in [0, 0.05) is 12.7 Å². The van der Waals surface area contributed by atoms with Crippen molar-refractivity contribution in [2.45, 2.75) is 25.3 Å². The quantitative estimate of drug-likeness (QED) is 0.905. The Morgan fingerprint density at radius 2 is 1.90 bits per heavy atom. The highest BCUT2D eigenvalue weighted by molar-refractivity contribution is 5.39. The number of pyridine rings is 1. The van der Waals surface area contributed by atoms with Gasteiger partial charge in [-0.2, -0.15) is 0 Å². The number of anilines is 1. The molecule has 2 heterocycles. The van der Waals surface area contributed by atoms with Crippen LogP contribution in [0, 0.1) is 5.82 Å². The molecule has 0 atom stereocenters. The van der Waals surface area contributed by atoms with Crippen molar-refractivity contribution in [3.8, 4) is 0 Å². The summed E-state index contributed by atoms with van der Waals surface area (Å²) < 4.78 is 12.9. The van der Waals surface area contributed by atoms with E-state index < -0.39 is 0 Å². The molecular formula is C17H20FN3. The van der Waals surface area contributed by atoms with Crippen molar-refractivity contribution in [3.63, 3.8) is 0 Å². The zero-order valence-electron chi connectivity index (χ0n) is 12.0. The Balaban J connectivity index is 1.64. The summed E-state index contributed by atoms with van der Waals surface area (Å²) in [6, 6.07) is 10.8. The molecule has 3 nitrogen and oxygen atoms in total. The molecule has 0 bridgehead atoms. The molecule has 1 aliphatic heterocycles. The predicted molar refractivity (Wildman–Crippen MR) is 82.8 cm³/mol. The first kappa shape index (κ1) is 14.0. The van der Waals surface area contributed by atoms with E-state index in [9.17, 15) is 4.39 Å². The summed E-state index contributed by atoms with van der Waals surface area (Å²) in [6.07, 6.45) is 4.23. The second-order valence-electron chi connectivity index (χ2n) is 5.48. The van der Waals surface area contributed by atoms with E-state index in [1.54, 1.807) is 12.1 Å². The fourth-order valence-corrected chi connectivity index (χ4v) is 2.75. The van der Waals surface area contributed by atoms with Crippen LogP contribution in [-0.2, 0) is 6.54 Å². The van der Waals surface area contributed by atoms with Crippen molar-refractivity contribution in [2.75, 3.05) is 18.4 Å². The standard InChI is InChI=1S/C17H20FN3/c18-16-3-1-13(2-4-16)12-21-17-11-15(7-10-20-17)14-5-8-19-9-6-14/h1-4,7,10-11,14,19H,5-6,8-9,12H2,(H,20,21). The second kappa shape index (κ2) is 6.68. The minimum absolute atomic E-state index is 0.204. The Hall–Kier alpha value is -1.94. The first-order valence-corrected chi connectivity index (χ1v) is 7.46. The summed E-state index contributed by atoms with van der Waals surface area (Å²) in [5.41, 5.74) is 2.40. The maximum atomic E-state index is 12.9. The van der Waals surface area contributed by atoms with Gasteiger partial charge in [0.25, 0.3) is 0 Å². The normalized spacial score (nSPS) is 15.9. The van der Waals surface area contributed by atoms with Gasteiger partial charge in [-0.1, -0.05) is 12.1 Å². The Morgan fingerprint density at radius 1 is 1.14 bits per heavy atom. The van der Waals surface area contributed by atoms with E-state index >= 15 is 0 Å². The van der Waals surface area contributed by atoms with Gasteiger partial charge >= 0.3 is 0 Å². The molecule has 0 spiro atoms. The zero-order chi connectivity index (χ0) is 14.5. The topological polar surface area (TPSA) is 37.0 Å². The predicted octanol–water partition coefficient (Wildman–Crippen LogP) is 3.30. The van der Waals surface area contributed by atoms with Gasteiger partial charge in [0.2, 0.25) is 0 Å². The molecule has 2 aromatic rings. The van der Waals surface area contributed by atoms with E-state index in [2.05, 4.69) is 27.8 Å². The zero-order valence-corrected chi connectivity index (χ0v) is 12.0. The molecule has 1 fully saturated rings. The van der Waals surface area contributed by atoms with Gasteiger partial charge < -0.3 is 10.6 Å². The second-order valence-corrected chi connectivity index (χ2v) is 5.48. The van der Waals surface area contributed by atoms with Crippen LogP contribution in [0.25, 0.3) is 0 Å². The monoisotopic (exact) mass is 285 g/mol. The largest absolute Gasteiger partial charge is 0.366 e. The minimum atomic E-state index is -0.204. The number of hydrogen-bond donors (Lipinski definition) is 2. The molecule has 1 aliphatic rings. The van der Waals surface area contributed by atoms with Gasteiger partial charge in [-0.3, -0.25) is 0 Å². The molecule has 1 aromatic heterocycles. The third-order valence-electron chi connectivity index (χ3n) is 3.98. The number of aromatic nitrogens is 1. The third kappa shape index (κ3) is 3.79. The molecule has 0 radical (unpaired) electrons. The van der Waals surface area contributed by atoms with Gasteiger partial charge in [0.1, 0.15) is 11.6 Å². The molecule has 0 unspecified atom stereocenters. The van der Waals surface area contributed by atoms with Crippen molar-refractivity contribution >= 4 is 5.82 Å². The summed E-state index contributed by atoms with van der Waals surface area (Å²) in [7, 11) is 0. The van der Waals surface area contributed by atoms with Crippen molar-refractivity contribution in [3.05, 3.63) is 59.5 Å². The van der Waals surface area contributed by atoms with Gasteiger partial charge in [-0.25, -0.2) is 9.37 Å². The van der Waals surface area contributed by atoms with E-state index in [1.807, 2.05) is 6.20 Å². The lowest BCUT2D eigenvalue weighted by atomic mass is 9.91. The molecule has 0 aliphatic carbocycles. The summed E-state index contributed by atoms with van der Waals surface area (Å²) in [6.45, 7) is 2.83. The summed E-state index contributed by atoms with van der Waals surface area (Å²) in [5.74, 6) is 1.31. The number of rotatable bonds is 4. The maximum Gasteiger partial charge on any atom is 0.126 e. The lowest BCUT2D eigenvalue weighted by Gasteiger charge is -2.23. The SMILES string of the molecule is Fc1ccc(CNc2cc(C3CCNCC3)ccn2)cc1. The van der Waals surface area contributed by atoms with E-state index in [1.165, 1.54) is 30.5 Å². The third-order valence-corrected chi connectivity index (χ3v) is 3.98. The van der Waals surface area contributed by atoms with Crippen LogP contribution in [-0.4, -0.2) is 18.1 Å². The van der Waals surface area contributed by atoms with E-state index in [0.29, 0.717) is 12.5 Å². The number of hydrogen-bond acceptors (Lipinski definition) is 3. The molecule has 2 N–H and O–H groups in total. The number of benzene rings is 1. The maximum absolute atomic E-state index is 12.9. The van der Waals surface area contributed by atoms with Crippen LogP contribution < -0.4 is 10.6 Å². The Kier molecular flexibility index (Phi) is 4.46. The Bertz CT molecular complexity index is 577. The molecule has 21 heavy (non-hydrogen) atoms. The summed E-state index contributed by atoms with van der Waals surface area (Å²) in [5, 5.41) is 6.70. The van der Waals surface area contributed by atoms with Crippen LogP contribution in [0.15, 0.2) is 42.6 Å². The van der Waals surface area contributed by atoms with Crippen molar-refractivity contribution < 1.29 is 4.39 Å². The van der Waals surface area contributed by atoms with E-state index in [0.717, 1.165) is 24.5 Å². The highest BCUT2D eigenvalue weighted by Crippen LogP contribution is 2.26. The Morgan fingerprint density at radius 3 is 2.67 bits per heavy atom. The van der Waals surface area contributed by atoms with Crippen LogP contribution in [0.5, 0.6) is 0 Å². The minimum Gasteiger partial charge on any atom is -0.366 e. The molecular weight excluding hydrogens is 265 g/mol. The van der Waals surface area contributed by atoms with Crippen LogP contribution in [0.2, 0.25) is 0 Å². The summed E-state index contributed by atoms with van der Waals surface area (Å²) in [4.78, 5) is 4.37. The van der Waals surface area contributed by atoms with Gasteiger partial charge in [0.15, 0.2) is 0 Å². The van der Waals surface area contributed by atoms with Crippen LogP contribution >= 0.6 is 0 Å². The first-order valence-electron chi connectivity index (χ1n) is 7.46. The average Bonchev–Trinajstić information content (AvgIpc) is 2.55. The van der Waals surface area contributed by atoms with Crippen LogP contribution in [0.4, 0.5) is 10.2 Å². The van der Waals surface area contributed by atoms with E-state index in [4.69, 9.17) is 0 Å². The molecule has 110 valence electrons. The highest BCUT2D eigenvalue weighted by Gasteiger charge is 2.15. The van der Waals surface area contributed by atoms with Crippen molar-refractivity contribution in [1.82, 2.24) is 10.3 Å². The Labute approximate surface area is 124 Å². The van der Waals surface area contributed by atoms with Crippen molar-refractivity contribution in [1.29, 1.82) is 0 Å². The van der Waals surface area contributed by atoms with Gasteiger partial charge in [-0.15, -0.1) is 0 Å². The number of piperidine rings is 1. The molecule has 0 amide bonds. The lowest BCUT2D eigenvalue weighted by molar-refractivity contribution is 0.460. The number of nitrogens with zero attached hydrogens (tertiary/aromatic N) is 1. The molecule has 3 rings (SSSR count). The van der Waals surface area contributed by atoms with Gasteiger partial charge in [-0.05, 0) is 67.2 Å². The van der Waals surface area contributed by atoms with Gasteiger partial charge in [0.05, 0.1) is 0 Å². The first-order chi connectivity index (χ1) is 10.3. The summed E-state index contributed by atoms with van der Waals surface area (Å²) >= 11 is 0. The highest BCUT2D eigenvalue weighted by atomic mass is 19.1. The average molecular weight is 285 g/mol. The van der Waals surface area contributed by atoms with Crippen LogP contribution in [0.3, 0.4) is 0 Å². The molecule has 4 heteroatoms. The molecule has 0 saturated carbocycles. The fraction of sp³-hybridized carbons (Fsp3) is 0.353. The number of halogens is 1.